The van der Waals surface area contributed by atoms with Gasteiger partial charge in [-0.2, -0.15) is 0 Å². The van der Waals surface area contributed by atoms with Crippen molar-refractivity contribution in [2.75, 3.05) is 56.3 Å². The van der Waals surface area contributed by atoms with E-state index >= 15 is 14.4 Å². The number of rotatable bonds is 8. The maximum absolute atomic E-state index is 16.4. The molecule has 0 radical (unpaired) electrons. The van der Waals surface area contributed by atoms with Gasteiger partial charge in [0.1, 0.15) is 29.9 Å². The molecular formula is C53H50N6O8. The van der Waals surface area contributed by atoms with Crippen LogP contribution in [0.2, 0.25) is 0 Å². The molecule has 1 aliphatic carbocycles. The summed E-state index contributed by atoms with van der Waals surface area (Å²) in [5.74, 6) is 3.88. The second kappa shape index (κ2) is 18.5. The van der Waals surface area contributed by atoms with Crippen molar-refractivity contribution < 1.29 is 38.5 Å². The topological polar surface area (TPSA) is 155 Å². The first-order chi connectivity index (χ1) is 32.8. The highest BCUT2D eigenvalue weighted by Gasteiger charge is 2.76. The van der Waals surface area contributed by atoms with E-state index in [0.29, 0.717) is 41.3 Å². The van der Waals surface area contributed by atoms with Crippen LogP contribution in [-0.4, -0.2) is 101 Å². The van der Waals surface area contributed by atoms with Crippen LogP contribution >= 0.6 is 0 Å². The number of methoxy groups -OCH3 is 1. The van der Waals surface area contributed by atoms with Gasteiger partial charge in [-0.1, -0.05) is 90.7 Å². The second-order valence-electron chi connectivity index (χ2n) is 17.4. The summed E-state index contributed by atoms with van der Waals surface area (Å²) in [6, 6.07) is 29.3. The van der Waals surface area contributed by atoms with Gasteiger partial charge in [0.15, 0.2) is 0 Å². The van der Waals surface area contributed by atoms with E-state index in [1.54, 1.807) is 53.7 Å². The number of hydrogen-bond acceptors (Lipinski definition) is 12. The molecule has 5 heterocycles. The molecule has 0 saturated carbocycles. The van der Waals surface area contributed by atoms with Gasteiger partial charge < -0.3 is 29.1 Å². The third-order valence-corrected chi connectivity index (χ3v) is 13.7. The standard InChI is InChI=1S/C53H50N6O8/c1-65-32-33-66-52(64)58-42-25-20-36(19-18-35-12-5-2-6-13-35)34-41(42)53(50(58)63)43(48(61)56-28-30-57(31-29-56)51-54-26-11-27-55-51)45-49(62)67-46(38-16-9-4-10-17-38)44(37-14-7-3-8-15-37)59(45)47(53)39-21-23-40(60)24-22-39/h3-4,7-12,14-17,20-27,34,43-47,60H,2,5-6,13,28-33H2,1H3/t43-,44-,45-,46+,47+,53-/m0/s1. The number of aromatic hydroxyl groups is 1. The van der Waals surface area contributed by atoms with Crippen LogP contribution in [0, 0.1) is 17.8 Å². The Kier molecular flexibility index (Phi) is 12.0. The fraction of sp³-hybridized carbons (Fsp3) is 0.321. The van der Waals surface area contributed by atoms with E-state index in [4.69, 9.17) is 14.2 Å². The van der Waals surface area contributed by atoms with Crippen LogP contribution in [0.1, 0.15) is 71.7 Å². The van der Waals surface area contributed by atoms with E-state index < -0.39 is 59.4 Å². The number of nitrogens with zero attached hydrogens (tertiary/aromatic N) is 6. The van der Waals surface area contributed by atoms with E-state index in [1.165, 1.54) is 19.2 Å². The van der Waals surface area contributed by atoms with Crippen molar-refractivity contribution in [3.8, 4) is 17.6 Å². The Morgan fingerprint density at radius 3 is 2.21 bits per heavy atom. The molecule has 4 aliphatic heterocycles. The molecule has 5 aliphatic rings. The number of benzene rings is 4. The summed E-state index contributed by atoms with van der Waals surface area (Å²) in [5, 5.41) is 10.8. The fourth-order valence-corrected chi connectivity index (χ4v) is 10.8. The Bertz CT molecular complexity index is 2750. The average Bonchev–Trinajstić information content (AvgIpc) is 3.83. The third kappa shape index (κ3) is 7.77. The first-order valence-corrected chi connectivity index (χ1v) is 22.8. The number of amides is 3. The minimum atomic E-state index is -1.98. The number of anilines is 2. The summed E-state index contributed by atoms with van der Waals surface area (Å²) in [7, 11) is 1.48. The number of piperazine rings is 1. The summed E-state index contributed by atoms with van der Waals surface area (Å²) < 4.78 is 17.6. The van der Waals surface area contributed by atoms with Crippen LogP contribution in [0.4, 0.5) is 16.4 Å². The number of cyclic esters (lactones) is 1. The molecule has 6 atom stereocenters. The number of aromatic nitrogens is 2. The van der Waals surface area contributed by atoms with Crippen molar-refractivity contribution in [3.63, 3.8) is 0 Å². The number of hydrogen-bond donors (Lipinski definition) is 1. The van der Waals surface area contributed by atoms with Crippen LogP contribution < -0.4 is 9.80 Å². The first-order valence-electron chi connectivity index (χ1n) is 22.8. The highest BCUT2D eigenvalue weighted by atomic mass is 16.6. The minimum Gasteiger partial charge on any atom is -0.508 e. The molecule has 5 aromatic rings. The zero-order valence-electron chi connectivity index (χ0n) is 37.1. The van der Waals surface area contributed by atoms with Crippen LogP contribution in [0.15, 0.2) is 133 Å². The molecule has 14 heteroatoms. The molecule has 1 N–H and O–H groups in total. The van der Waals surface area contributed by atoms with Crippen LogP contribution in [0.25, 0.3) is 0 Å². The number of allylic oxidation sites excluding steroid dienone is 2. The number of esters is 1. The second-order valence-corrected chi connectivity index (χ2v) is 17.4. The Morgan fingerprint density at radius 1 is 0.806 bits per heavy atom. The monoisotopic (exact) mass is 898 g/mol. The zero-order valence-corrected chi connectivity index (χ0v) is 37.1. The lowest BCUT2D eigenvalue weighted by Gasteiger charge is -2.46. The van der Waals surface area contributed by atoms with E-state index in [1.807, 2.05) is 70.5 Å². The fourth-order valence-electron chi connectivity index (χ4n) is 10.8. The predicted molar refractivity (Wildman–Crippen MR) is 248 cm³/mol. The number of morpholine rings is 1. The lowest BCUT2D eigenvalue weighted by Crippen LogP contribution is -2.59. The van der Waals surface area contributed by atoms with Gasteiger partial charge in [-0.05, 0) is 89.9 Å². The minimum absolute atomic E-state index is 0.0175. The quantitative estimate of drug-likeness (QED) is 0.0987. The molecule has 1 spiro atoms. The van der Waals surface area contributed by atoms with Crippen molar-refractivity contribution in [1.82, 2.24) is 19.8 Å². The lowest BCUT2D eigenvalue weighted by atomic mass is 9.65. The van der Waals surface area contributed by atoms with E-state index in [9.17, 15) is 9.90 Å². The van der Waals surface area contributed by atoms with Crippen molar-refractivity contribution in [2.45, 2.75) is 55.3 Å². The largest absolute Gasteiger partial charge is 0.508 e. The van der Waals surface area contributed by atoms with Gasteiger partial charge in [0.25, 0.3) is 0 Å². The smallest absolute Gasteiger partial charge is 0.421 e. The first kappa shape index (κ1) is 43.5. The molecule has 14 nitrogen and oxygen atoms in total. The average molecular weight is 899 g/mol. The van der Waals surface area contributed by atoms with Crippen molar-refractivity contribution >= 4 is 35.5 Å². The van der Waals surface area contributed by atoms with Gasteiger partial charge in [-0.3, -0.25) is 19.3 Å². The van der Waals surface area contributed by atoms with Crippen molar-refractivity contribution in [3.05, 3.63) is 161 Å². The van der Waals surface area contributed by atoms with E-state index in [0.717, 1.165) is 41.7 Å². The molecular weight excluding hydrogens is 849 g/mol. The van der Waals surface area contributed by atoms with Gasteiger partial charge in [-0.15, -0.1) is 0 Å². The number of fused-ring (bicyclic) bond motifs is 3. The number of ether oxygens (including phenoxy) is 3. The van der Waals surface area contributed by atoms with Gasteiger partial charge in [0.2, 0.25) is 17.8 Å². The molecule has 0 bridgehead atoms. The maximum Gasteiger partial charge on any atom is 0.421 e. The summed E-state index contributed by atoms with van der Waals surface area (Å²) in [4.78, 5) is 78.1. The molecule has 3 amide bonds. The number of phenolic OH excluding ortho intramolecular Hbond substituents is 1. The summed E-state index contributed by atoms with van der Waals surface area (Å²) in [6.45, 7) is 1.17. The van der Waals surface area contributed by atoms with Crippen LogP contribution in [-0.2, 0) is 34.0 Å². The molecule has 4 aromatic carbocycles. The summed E-state index contributed by atoms with van der Waals surface area (Å²) in [5.41, 5.74) is 2.20. The molecule has 340 valence electrons. The SMILES string of the molecule is COCCOC(=O)N1C(=O)[C@@]2(c3cc(C#CC4=CCCCC4)ccc31)[C@H](C(=O)N1CCN(c3ncccn3)CC1)[C@H]1C(=O)O[C@H](c3ccccc3)[C@H](c3ccccc3)N1[C@@H]2c1ccc(O)cc1. The molecule has 10 rings (SSSR count). The Labute approximate surface area is 388 Å². The molecule has 67 heavy (non-hydrogen) atoms. The lowest BCUT2D eigenvalue weighted by molar-refractivity contribution is -0.179. The Balaban J connectivity index is 1.23. The third-order valence-electron chi connectivity index (χ3n) is 13.7. The number of carbonyl (C=O) groups is 4. The van der Waals surface area contributed by atoms with E-state index in [-0.39, 0.29) is 37.7 Å². The number of carbonyl (C=O) groups excluding carboxylic acids is 4. The molecule has 1 aromatic heterocycles. The number of imide groups is 1. The highest BCUT2D eigenvalue weighted by Crippen LogP contribution is 2.66. The van der Waals surface area contributed by atoms with Crippen LogP contribution in [0.3, 0.4) is 0 Å². The molecule has 3 saturated heterocycles. The van der Waals surface area contributed by atoms with E-state index in [2.05, 4.69) is 27.9 Å². The predicted octanol–water partition coefficient (Wildman–Crippen LogP) is 6.83. The van der Waals surface area contributed by atoms with Gasteiger partial charge >= 0.3 is 12.1 Å². The maximum atomic E-state index is 16.4. The van der Waals surface area contributed by atoms with Crippen molar-refractivity contribution in [2.24, 2.45) is 5.92 Å². The van der Waals surface area contributed by atoms with Gasteiger partial charge in [0.05, 0.1) is 30.3 Å². The normalized spacial score (nSPS) is 24.6. The van der Waals surface area contributed by atoms with Crippen molar-refractivity contribution in [1.29, 1.82) is 0 Å². The molecule has 3 fully saturated rings. The Hall–Kier alpha value is -7.34. The highest BCUT2D eigenvalue weighted by molar-refractivity contribution is 6.23. The van der Waals surface area contributed by atoms with Gasteiger partial charge in [-0.25, -0.2) is 19.7 Å². The summed E-state index contributed by atoms with van der Waals surface area (Å²) >= 11 is 0. The number of phenols is 1. The molecule has 0 unspecified atom stereocenters. The zero-order chi connectivity index (χ0) is 46.1. The van der Waals surface area contributed by atoms with Gasteiger partial charge in [0, 0.05) is 51.2 Å². The van der Waals surface area contributed by atoms with Crippen LogP contribution in [0.5, 0.6) is 5.75 Å². The summed E-state index contributed by atoms with van der Waals surface area (Å²) in [6.07, 6.45) is 7.58. The Morgan fingerprint density at radius 2 is 1.52 bits per heavy atom.